The summed E-state index contributed by atoms with van der Waals surface area (Å²) < 4.78 is 21.3. The van der Waals surface area contributed by atoms with E-state index in [2.05, 4.69) is 0 Å². The first-order valence-electron chi connectivity index (χ1n) is 3.87. The summed E-state index contributed by atoms with van der Waals surface area (Å²) in [4.78, 5) is 0. The summed E-state index contributed by atoms with van der Waals surface area (Å²) in [6.07, 6.45) is 2.26. The maximum atomic E-state index is 10.7. The molecule has 0 aliphatic rings. The zero-order valence-corrected chi connectivity index (χ0v) is 8.74. The SMILES string of the molecule is CS(=O)(=O)CCC(O)CCCCl. The zero-order valence-electron chi connectivity index (χ0n) is 7.16. The Morgan fingerprint density at radius 3 is 2.42 bits per heavy atom. The van der Waals surface area contributed by atoms with E-state index in [4.69, 9.17) is 11.6 Å². The van der Waals surface area contributed by atoms with Gasteiger partial charge in [-0.25, -0.2) is 8.42 Å². The van der Waals surface area contributed by atoms with Crippen molar-refractivity contribution in [3.8, 4) is 0 Å². The van der Waals surface area contributed by atoms with Gasteiger partial charge in [-0.2, -0.15) is 0 Å². The van der Waals surface area contributed by atoms with Gasteiger partial charge in [0.15, 0.2) is 0 Å². The van der Waals surface area contributed by atoms with Gasteiger partial charge in [0.1, 0.15) is 9.84 Å². The Morgan fingerprint density at radius 2 is 2.00 bits per heavy atom. The maximum absolute atomic E-state index is 10.7. The Morgan fingerprint density at radius 1 is 1.42 bits per heavy atom. The van der Waals surface area contributed by atoms with Gasteiger partial charge >= 0.3 is 0 Å². The van der Waals surface area contributed by atoms with Crippen LogP contribution < -0.4 is 0 Å². The lowest BCUT2D eigenvalue weighted by molar-refractivity contribution is 0.160. The molecule has 0 aromatic heterocycles. The van der Waals surface area contributed by atoms with Crippen LogP contribution in [0.25, 0.3) is 0 Å². The van der Waals surface area contributed by atoms with E-state index in [9.17, 15) is 13.5 Å². The number of hydrogen-bond acceptors (Lipinski definition) is 3. The van der Waals surface area contributed by atoms with Gasteiger partial charge in [-0.1, -0.05) is 0 Å². The molecule has 3 nitrogen and oxygen atoms in total. The van der Waals surface area contributed by atoms with Crippen molar-refractivity contribution in [3.63, 3.8) is 0 Å². The number of aliphatic hydroxyl groups excluding tert-OH is 1. The first kappa shape index (κ1) is 12.2. The Balaban J connectivity index is 3.51. The second kappa shape index (κ2) is 5.78. The molecule has 0 aliphatic heterocycles. The summed E-state index contributed by atoms with van der Waals surface area (Å²) in [6, 6.07) is 0. The van der Waals surface area contributed by atoms with Crippen LogP contribution in [0.4, 0.5) is 0 Å². The second-order valence-electron chi connectivity index (χ2n) is 2.90. The van der Waals surface area contributed by atoms with E-state index in [1.807, 2.05) is 0 Å². The Kier molecular flexibility index (Phi) is 5.88. The molecular formula is C7H15ClO3S. The van der Waals surface area contributed by atoms with E-state index in [1.54, 1.807) is 0 Å². The van der Waals surface area contributed by atoms with Gasteiger partial charge in [0.2, 0.25) is 0 Å². The highest BCUT2D eigenvalue weighted by Gasteiger charge is 2.08. The van der Waals surface area contributed by atoms with Crippen LogP contribution in [-0.2, 0) is 9.84 Å². The van der Waals surface area contributed by atoms with Gasteiger partial charge < -0.3 is 5.11 Å². The first-order chi connectivity index (χ1) is 5.45. The Bertz CT molecular complexity index is 201. The molecule has 0 aliphatic carbocycles. The highest BCUT2D eigenvalue weighted by Crippen LogP contribution is 2.04. The van der Waals surface area contributed by atoms with E-state index in [0.29, 0.717) is 18.7 Å². The number of halogens is 1. The van der Waals surface area contributed by atoms with Crippen molar-refractivity contribution in [2.24, 2.45) is 0 Å². The smallest absolute Gasteiger partial charge is 0.147 e. The quantitative estimate of drug-likeness (QED) is 0.666. The topological polar surface area (TPSA) is 54.4 Å². The predicted octanol–water partition coefficient (Wildman–Crippen LogP) is 0.801. The van der Waals surface area contributed by atoms with Crippen molar-refractivity contribution in [2.75, 3.05) is 17.9 Å². The van der Waals surface area contributed by atoms with Crippen molar-refractivity contribution in [2.45, 2.75) is 25.4 Å². The minimum absolute atomic E-state index is 0.0520. The lowest BCUT2D eigenvalue weighted by Gasteiger charge is -2.07. The summed E-state index contributed by atoms with van der Waals surface area (Å²) in [7, 11) is -2.94. The number of sulfone groups is 1. The third-order valence-electron chi connectivity index (χ3n) is 1.49. The summed E-state index contributed by atoms with van der Waals surface area (Å²) >= 11 is 5.41. The normalized spacial score (nSPS) is 14.6. The number of rotatable bonds is 6. The highest BCUT2D eigenvalue weighted by molar-refractivity contribution is 7.90. The molecule has 0 bridgehead atoms. The molecule has 1 atom stereocenters. The minimum Gasteiger partial charge on any atom is -0.393 e. The molecule has 0 radical (unpaired) electrons. The van der Waals surface area contributed by atoms with Crippen molar-refractivity contribution in [1.29, 1.82) is 0 Å². The standard InChI is InChI=1S/C7H15ClO3S/c1-12(10,11)6-4-7(9)3-2-5-8/h7,9H,2-6H2,1H3. The lowest BCUT2D eigenvalue weighted by Crippen LogP contribution is -2.13. The maximum Gasteiger partial charge on any atom is 0.147 e. The second-order valence-corrected chi connectivity index (χ2v) is 5.54. The molecule has 1 N–H and O–H groups in total. The minimum atomic E-state index is -2.94. The van der Waals surface area contributed by atoms with E-state index in [1.165, 1.54) is 6.26 Å². The molecule has 1 unspecified atom stereocenters. The van der Waals surface area contributed by atoms with Gasteiger partial charge in [0.25, 0.3) is 0 Å². The molecule has 5 heteroatoms. The average molecular weight is 215 g/mol. The van der Waals surface area contributed by atoms with E-state index >= 15 is 0 Å². The van der Waals surface area contributed by atoms with E-state index in [0.717, 1.165) is 6.42 Å². The predicted molar refractivity (Wildman–Crippen MR) is 50.3 cm³/mol. The lowest BCUT2D eigenvalue weighted by atomic mass is 10.2. The fourth-order valence-corrected chi connectivity index (χ4v) is 1.66. The van der Waals surface area contributed by atoms with Crippen molar-refractivity contribution in [3.05, 3.63) is 0 Å². The van der Waals surface area contributed by atoms with Crippen LogP contribution in [0.2, 0.25) is 0 Å². The monoisotopic (exact) mass is 214 g/mol. The number of aliphatic hydroxyl groups is 1. The molecular weight excluding hydrogens is 200 g/mol. The number of hydrogen-bond donors (Lipinski definition) is 1. The molecule has 12 heavy (non-hydrogen) atoms. The Hall–Kier alpha value is 0.200. The van der Waals surface area contributed by atoms with Crippen molar-refractivity contribution in [1.82, 2.24) is 0 Å². The van der Waals surface area contributed by atoms with Gasteiger partial charge in [-0.15, -0.1) is 11.6 Å². The first-order valence-corrected chi connectivity index (χ1v) is 6.47. The van der Waals surface area contributed by atoms with E-state index in [-0.39, 0.29) is 5.75 Å². The van der Waals surface area contributed by atoms with E-state index < -0.39 is 15.9 Å². The van der Waals surface area contributed by atoms with Crippen LogP contribution in [0.3, 0.4) is 0 Å². The molecule has 0 saturated heterocycles. The van der Waals surface area contributed by atoms with Crippen LogP contribution in [0.1, 0.15) is 19.3 Å². The van der Waals surface area contributed by atoms with Gasteiger partial charge in [0.05, 0.1) is 11.9 Å². The fraction of sp³-hybridized carbons (Fsp3) is 1.00. The highest BCUT2D eigenvalue weighted by atomic mass is 35.5. The fourth-order valence-electron chi connectivity index (χ4n) is 0.807. The van der Waals surface area contributed by atoms with Crippen LogP contribution >= 0.6 is 11.6 Å². The summed E-state index contributed by atoms with van der Waals surface area (Å²) in [5, 5.41) is 9.22. The molecule has 0 spiro atoms. The van der Waals surface area contributed by atoms with Crippen LogP contribution in [0.15, 0.2) is 0 Å². The molecule has 74 valence electrons. The van der Waals surface area contributed by atoms with Gasteiger partial charge in [-0.3, -0.25) is 0 Å². The van der Waals surface area contributed by atoms with Crippen molar-refractivity contribution < 1.29 is 13.5 Å². The van der Waals surface area contributed by atoms with Crippen molar-refractivity contribution >= 4 is 21.4 Å². The average Bonchev–Trinajstić information content (AvgIpc) is 1.95. The van der Waals surface area contributed by atoms with Crippen LogP contribution in [0.5, 0.6) is 0 Å². The molecule has 0 aromatic carbocycles. The molecule has 0 heterocycles. The zero-order chi connectivity index (χ0) is 9.61. The van der Waals surface area contributed by atoms with Gasteiger partial charge in [-0.05, 0) is 19.3 Å². The van der Waals surface area contributed by atoms with Crippen LogP contribution in [0, 0.1) is 0 Å². The largest absolute Gasteiger partial charge is 0.393 e. The summed E-state index contributed by atoms with van der Waals surface area (Å²) in [5.41, 5.74) is 0. The van der Waals surface area contributed by atoms with Gasteiger partial charge in [0, 0.05) is 12.1 Å². The molecule has 0 rings (SSSR count). The molecule has 0 aromatic rings. The molecule has 0 fully saturated rings. The van der Waals surface area contributed by atoms with Crippen LogP contribution in [-0.4, -0.2) is 37.5 Å². The third kappa shape index (κ3) is 8.30. The summed E-state index contributed by atoms with van der Waals surface area (Å²) in [6.45, 7) is 0. The molecule has 0 saturated carbocycles. The third-order valence-corrected chi connectivity index (χ3v) is 2.74. The molecule has 0 amide bonds. The number of alkyl halides is 1. The summed E-state index contributed by atoms with van der Waals surface area (Å²) in [5.74, 6) is 0.562. The Labute approximate surface area is 78.7 Å².